The summed E-state index contributed by atoms with van der Waals surface area (Å²) in [6.07, 6.45) is 0.955. The zero-order valence-corrected chi connectivity index (χ0v) is 6.20. The molecule has 2 N–H and O–H groups in total. The molecule has 0 heterocycles. The van der Waals surface area contributed by atoms with Crippen molar-refractivity contribution in [2.45, 2.75) is 19.4 Å². The van der Waals surface area contributed by atoms with E-state index in [9.17, 15) is 0 Å². The maximum absolute atomic E-state index is 5.40. The Hall–Kier alpha value is 0.210. The highest BCUT2D eigenvalue weighted by molar-refractivity contribution is 5.85. The van der Waals surface area contributed by atoms with Crippen molar-refractivity contribution in [3.63, 3.8) is 0 Å². The van der Waals surface area contributed by atoms with Crippen molar-refractivity contribution in [3.05, 3.63) is 0 Å². The molecular weight excluding hydrogens is 126 g/mol. The third kappa shape index (κ3) is 9.51. The number of methoxy groups -OCH3 is 1. The summed E-state index contributed by atoms with van der Waals surface area (Å²) < 4.78 is 4.77. The highest BCUT2D eigenvalue weighted by Crippen LogP contribution is 1.83. The summed E-state index contributed by atoms with van der Waals surface area (Å²) in [5.41, 5.74) is 5.40. The van der Waals surface area contributed by atoms with Crippen molar-refractivity contribution in [2.75, 3.05) is 13.7 Å². The molecule has 3 heteroatoms. The minimum atomic E-state index is 0. The molecule has 0 aliphatic heterocycles. The molecule has 8 heavy (non-hydrogen) atoms. The molecule has 0 aromatic rings. The van der Waals surface area contributed by atoms with Crippen LogP contribution in [0.1, 0.15) is 13.3 Å². The van der Waals surface area contributed by atoms with Gasteiger partial charge in [-0.2, -0.15) is 0 Å². The van der Waals surface area contributed by atoms with Crippen molar-refractivity contribution in [1.82, 2.24) is 0 Å². The van der Waals surface area contributed by atoms with E-state index in [2.05, 4.69) is 0 Å². The Labute approximate surface area is 56.8 Å². The number of hydrogen-bond acceptors (Lipinski definition) is 2. The first-order chi connectivity index (χ1) is 3.27. The van der Waals surface area contributed by atoms with Gasteiger partial charge < -0.3 is 10.5 Å². The zero-order valence-electron chi connectivity index (χ0n) is 5.39. The maximum atomic E-state index is 5.40. The van der Waals surface area contributed by atoms with E-state index >= 15 is 0 Å². The number of rotatable bonds is 3. The minimum Gasteiger partial charge on any atom is -0.385 e. The van der Waals surface area contributed by atoms with E-state index in [1.807, 2.05) is 6.92 Å². The van der Waals surface area contributed by atoms with Crippen LogP contribution in [0.5, 0.6) is 0 Å². The van der Waals surface area contributed by atoms with Gasteiger partial charge in [0.25, 0.3) is 0 Å². The van der Waals surface area contributed by atoms with Crippen LogP contribution < -0.4 is 5.73 Å². The average Bonchev–Trinajstić information content (AvgIpc) is 1.61. The van der Waals surface area contributed by atoms with Crippen molar-refractivity contribution in [1.29, 1.82) is 0 Å². The number of hydrogen-bond donors (Lipinski definition) is 1. The standard InChI is InChI=1S/C5H13NO.ClH/c1-5(6)3-4-7-2;/h5H,3-4,6H2,1-2H3;1H. The average molecular weight is 140 g/mol. The molecule has 0 saturated carbocycles. The van der Waals surface area contributed by atoms with Gasteiger partial charge in [0.2, 0.25) is 0 Å². The first-order valence-electron chi connectivity index (χ1n) is 2.52. The normalized spacial score (nSPS) is 12.4. The highest BCUT2D eigenvalue weighted by atomic mass is 35.5. The van der Waals surface area contributed by atoms with Gasteiger partial charge in [-0.15, -0.1) is 12.4 Å². The molecule has 0 bridgehead atoms. The van der Waals surface area contributed by atoms with Crippen molar-refractivity contribution < 1.29 is 4.74 Å². The van der Waals surface area contributed by atoms with Crippen LogP contribution in [0, 0.1) is 0 Å². The Balaban J connectivity index is 0. The van der Waals surface area contributed by atoms with Crippen LogP contribution in [0.3, 0.4) is 0 Å². The van der Waals surface area contributed by atoms with E-state index < -0.39 is 0 Å². The van der Waals surface area contributed by atoms with E-state index in [0.717, 1.165) is 13.0 Å². The first-order valence-corrected chi connectivity index (χ1v) is 2.52. The topological polar surface area (TPSA) is 35.2 Å². The first kappa shape index (κ1) is 11.1. The second-order valence-corrected chi connectivity index (χ2v) is 1.76. The number of nitrogens with two attached hydrogens (primary N) is 1. The second kappa shape index (κ2) is 7.21. The zero-order chi connectivity index (χ0) is 5.70. The van der Waals surface area contributed by atoms with Crippen LogP contribution in [-0.2, 0) is 4.74 Å². The molecule has 0 spiro atoms. The van der Waals surface area contributed by atoms with Crippen LogP contribution in [-0.4, -0.2) is 19.8 Å². The molecule has 0 aromatic carbocycles. The molecule has 0 fully saturated rings. The molecule has 52 valence electrons. The summed E-state index contributed by atoms with van der Waals surface area (Å²) in [5.74, 6) is 0. The summed E-state index contributed by atoms with van der Waals surface area (Å²) in [7, 11) is 1.68. The fraction of sp³-hybridized carbons (Fsp3) is 1.00. The van der Waals surface area contributed by atoms with Crippen LogP contribution in [0.15, 0.2) is 0 Å². The lowest BCUT2D eigenvalue weighted by Crippen LogP contribution is -2.16. The lowest BCUT2D eigenvalue weighted by molar-refractivity contribution is 0.189. The van der Waals surface area contributed by atoms with Crippen molar-refractivity contribution >= 4 is 12.4 Å². The van der Waals surface area contributed by atoms with E-state index in [-0.39, 0.29) is 18.4 Å². The molecular formula is C5H14ClNO. The van der Waals surface area contributed by atoms with Crippen molar-refractivity contribution in [2.24, 2.45) is 5.73 Å². The molecule has 0 aromatic heterocycles. The minimum absolute atomic E-state index is 0. The molecule has 0 rings (SSSR count). The van der Waals surface area contributed by atoms with Gasteiger partial charge >= 0.3 is 0 Å². The third-order valence-corrected chi connectivity index (χ3v) is 0.777. The van der Waals surface area contributed by atoms with Crippen molar-refractivity contribution in [3.8, 4) is 0 Å². The quantitative estimate of drug-likeness (QED) is 0.628. The smallest absolute Gasteiger partial charge is 0.0476 e. The largest absolute Gasteiger partial charge is 0.385 e. The summed E-state index contributed by atoms with van der Waals surface area (Å²) in [4.78, 5) is 0. The number of halogens is 1. The van der Waals surface area contributed by atoms with E-state index in [0.29, 0.717) is 0 Å². The van der Waals surface area contributed by atoms with E-state index in [4.69, 9.17) is 10.5 Å². The molecule has 1 atom stereocenters. The monoisotopic (exact) mass is 139 g/mol. The second-order valence-electron chi connectivity index (χ2n) is 1.76. The summed E-state index contributed by atoms with van der Waals surface area (Å²) in [6, 6.07) is 0.278. The third-order valence-electron chi connectivity index (χ3n) is 0.777. The molecule has 0 aliphatic rings. The Morgan fingerprint density at radius 1 is 1.62 bits per heavy atom. The Morgan fingerprint density at radius 3 is 2.25 bits per heavy atom. The molecule has 0 aliphatic carbocycles. The van der Waals surface area contributed by atoms with Crippen LogP contribution >= 0.6 is 12.4 Å². The van der Waals surface area contributed by atoms with Gasteiger partial charge in [0.05, 0.1) is 0 Å². The van der Waals surface area contributed by atoms with Gasteiger partial charge in [-0.1, -0.05) is 0 Å². The van der Waals surface area contributed by atoms with Crippen LogP contribution in [0.25, 0.3) is 0 Å². The van der Waals surface area contributed by atoms with Gasteiger partial charge in [0.15, 0.2) is 0 Å². The Kier molecular flexibility index (Phi) is 9.97. The predicted molar refractivity (Wildman–Crippen MR) is 37.4 cm³/mol. The van der Waals surface area contributed by atoms with Gasteiger partial charge in [0.1, 0.15) is 0 Å². The predicted octanol–water partition coefficient (Wildman–Crippen LogP) is 0.792. The maximum Gasteiger partial charge on any atom is 0.0476 e. The highest BCUT2D eigenvalue weighted by Gasteiger charge is 1.89. The van der Waals surface area contributed by atoms with E-state index in [1.54, 1.807) is 7.11 Å². The fourth-order valence-electron chi connectivity index (χ4n) is 0.304. The fourth-order valence-corrected chi connectivity index (χ4v) is 0.304. The van der Waals surface area contributed by atoms with Gasteiger partial charge in [-0.05, 0) is 13.3 Å². The van der Waals surface area contributed by atoms with E-state index in [1.165, 1.54) is 0 Å². The lowest BCUT2D eigenvalue weighted by Gasteiger charge is -2.00. The molecule has 1 unspecified atom stereocenters. The molecule has 2 nitrogen and oxygen atoms in total. The van der Waals surface area contributed by atoms with Gasteiger partial charge in [-0.3, -0.25) is 0 Å². The number of ether oxygens (including phenoxy) is 1. The van der Waals surface area contributed by atoms with Gasteiger partial charge in [-0.25, -0.2) is 0 Å². The van der Waals surface area contributed by atoms with Gasteiger partial charge in [0, 0.05) is 19.8 Å². The molecule has 0 amide bonds. The van der Waals surface area contributed by atoms with Crippen LogP contribution in [0.2, 0.25) is 0 Å². The summed E-state index contributed by atoms with van der Waals surface area (Å²) in [5, 5.41) is 0. The Bertz CT molecular complexity index is 41.4. The van der Waals surface area contributed by atoms with Crippen LogP contribution in [0.4, 0.5) is 0 Å². The lowest BCUT2D eigenvalue weighted by atomic mass is 10.3. The SMILES string of the molecule is COCCC(C)N.Cl. The summed E-state index contributed by atoms with van der Waals surface area (Å²) in [6.45, 7) is 2.75. The summed E-state index contributed by atoms with van der Waals surface area (Å²) >= 11 is 0. The Morgan fingerprint density at radius 2 is 2.12 bits per heavy atom. The molecule has 0 saturated heterocycles. The molecule has 0 radical (unpaired) electrons.